The number of carbonyl (C=O) groups excluding carboxylic acids is 1. The second kappa shape index (κ2) is 4.20. The van der Waals surface area contributed by atoms with E-state index in [-0.39, 0.29) is 6.09 Å². The third-order valence-corrected chi connectivity index (χ3v) is 4.62. The second-order valence-electron chi connectivity index (χ2n) is 6.53. The molecule has 1 saturated carbocycles. The van der Waals surface area contributed by atoms with Crippen LogP contribution in [0.1, 0.15) is 37.4 Å². The standard InChI is InChI=1S/C14H20N2O2S/c1-8-15-11(7-19-8)12-9-5-16(6-10(9)12)13(17)18-14(2,3)4/h7,9-10,12H,5-6H2,1-4H3. The minimum absolute atomic E-state index is 0.173. The highest BCUT2D eigenvalue weighted by atomic mass is 32.1. The van der Waals surface area contributed by atoms with Gasteiger partial charge in [0.25, 0.3) is 0 Å². The molecule has 2 heterocycles. The smallest absolute Gasteiger partial charge is 0.410 e. The first kappa shape index (κ1) is 12.9. The van der Waals surface area contributed by atoms with Crippen molar-refractivity contribution in [1.29, 1.82) is 0 Å². The van der Waals surface area contributed by atoms with Gasteiger partial charge in [0.1, 0.15) is 5.60 Å². The van der Waals surface area contributed by atoms with E-state index in [2.05, 4.69) is 10.4 Å². The SMILES string of the molecule is Cc1nc(C2C3CN(C(=O)OC(C)(C)C)CC32)cs1. The molecule has 0 bridgehead atoms. The van der Waals surface area contributed by atoms with Crippen molar-refractivity contribution >= 4 is 17.4 Å². The van der Waals surface area contributed by atoms with Crippen LogP contribution in [0.5, 0.6) is 0 Å². The molecule has 0 N–H and O–H groups in total. The van der Waals surface area contributed by atoms with Gasteiger partial charge in [-0.1, -0.05) is 0 Å². The number of nitrogens with zero attached hydrogens (tertiary/aromatic N) is 2. The van der Waals surface area contributed by atoms with Crippen LogP contribution in [-0.4, -0.2) is 34.7 Å². The van der Waals surface area contributed by atoms with E-state index >= 15 is 0 Å². The van der Waals surface area contributed by atoms with Crippen LogP contribution in [0.3, 0.4) is 0 Å². The highest BCUT2D eigenvalue weighted by molar-refractivity contribution is 7.09. The van der Waals surface area contributed by atoms with E-state index < -0.39 is 5.60 Å². The number of aryl methyl sites for hydroxylation is 1. The Morgan fingerprint density at radius 3 is 2.53 bits per heavy atom. The summed E-state index contributed by atoms with van der Waals surface area (Å²) in [6.45, 7) is 9.40. The monoisotopic (exact) mass is 280 g/mol. The lowest BCUT2D eigenvalue weighted by molar-refractivity contribution is 0.0271. The van der Waals surface area contributed by atoms with Crippen LogP contribution >= 0.6 is 11.3 Å². The lowest BCUT2D eigenvalue weighted by atomic mass is 10.2. The van der Waals surface area contributed by atoms with Crippen molar-refractivity contribution in [3.63, 3.8) is 0 Å². The summed E-state index contributed by atoms with van der Waals surface area (Å²) in [5.74, 6) is 1.76. The van der Waals surface area contributed by atoms with E-state index in [9.17, 15) is 4.79 Å². The maximum atomic E-state index is 12.0. The van der Waals surface area contributed by atoms with Crippen LogP contribution < -0.4 is 0 Å². The zero-order chi connectivity index (χ0) is 13.8. The van der Waals surface area contributed by atoms with Crippen molar-refractivity contribution in [2.75, 3.05) is 13.1 Å². The first-order valence-corrected chi connectivity index (χ1v) is 7.63. The number of amides is 1. The first-order valence-electron chi connectivity index (χ1n) is 6.75. The number of aromatic nitrogens is 1. The van der Waals surface area contributed by atoms with Crippen LogP contribution in [-0.2, 0) is 4.74 Å². The molecule has 1 aliphatic carbocycles. The molecule has 1 aromatic heterocycles. The van der Waals surface area contributed by atoms with E-state index in [1.807, 2.05) is 32.6 Å². The predicted octanol–water partition coefficient (Wildman–Crippen LogP) is 3.03. The molecule has 1 saturated heterocycles. The molecule has 1 aliphatic heterocycles. The third kappa shape index (κ3) is 2.48. The normalized spacial score (nSPS) is 29.3. The molecule has 2 atom stereocenters. The van der Waals surface area contributed by atoms with Crippen LogP contribution in [0.15, 0.2) is 5.38 Å². The van der Waals surface area contributed by atoms with E-state index in [1.165, 1.54) is 5.69 Å². The molecule has 0 radical (unpaired) electrons. The highest BCUT2D eigenvalue weighted by Crippen LogP contribution is 2.58. The Balaban J connectivity index is 1.57. The number of hydrogen-bond donors (Lipinski definition) is 0. The molecular weight excluding hydrogens is 260 g/mol. The number of fused-ring (bicyclic) bond motifs is 1. The maximum Gasteiger partial charge on any atom is 0.410 e. The Morgan fingerprint density at radius 1 is 1.42 bits per heavy atom. The fourth-order valence-corrected chi connectivity index (χ4v) is 3.63. The van der Waals surface area contributed by atoms with Crippen molar-refractivity contribution in [3.8, 4) is 0 Å². The van der Waals surface area contributed by atoms with E-state index in [0.29, 0.717) is 17.8 Å². The van der Waals surface area contributed by atoms with Gasteiger partial charge in [-0.05, 0) is 39.5 Å². The maximum absolute atomic E-state index is 12.0. The van der Waals surface area contributed by atoms with E-state index in [4.69, 9.17) is 4.74 Å². The molecule has 0 spiro atoms. The van der Waals surface area contributed by atoms with Gasteiger partial charge in [0.15, 0.2) is 0 Å². The zero-order valence-corrected chi connectivity index (χ0v) is 12.7. The predicted molar refractivity (Wildman–Crippen MR) is 74.4 cm³/mol. The number of thiazole rings is 1. The van der Waals surface area contributed by atoms with Crippen LogP contribution in [0.2, 0.25) is 0 Å². The zero-order valence-electron chi connectivity index (χ0n) is 11.8. The van der Waals surface area contributed by atoms with Crippen LogP contribution in [0.25, 0.3) is 0 Å². The molecule has 0 aromatic carbocycles. The number of rotatable bonds is 1. The van der Waals surface area contributed by atoms with Gasteiger partial charge < -0.3 is 9.64 Å². The molecule has 2 fully saturated rings. The van der Waals surface area contributed by atoms with Gasteiger partial charge in [0, 0.05) is 24.4 Å². The molecule has 2 aliphatic rings. The fourth-order valence-electron chi connectivity index (χ4n) is 2.97. The van der Waals surface area contributed by atoms with Gasteiger partial charge in [0.05, 0.1) is 10.7 Å². The van der Waals surface area contributed by atoms with E-state index in [0.717, 1.165) is 18.1 Å². The third-order valence-electron chi connectivity index (χ3n) is 3.82. The van der Waals surface area contributed by atoms with Gasteiger partial charge in [-0.2, -0.15) is 0 Å². The Hall–Kier alpha value is -1.10. The molecule has 1 aromatic rings. The molecule has 1 amide bonds. The lowest BCUT2D eigenvalue weighted by Gasteiger charge is -2.25. The summed E-state index contributed by atoms with van der Waals surface area (Å²) < 4.78 is 5.41. The fraction of sp³-hybridized carbons (Fsp3) is 0.714. The summed E-state index contributed by atoms with van der Waals surface area (Å²) >= 11 is 1.71. The summed E-state index contributed by atoms with van der Waals surface area (Å²) in [6.07, 6.45) is -0.173. The topological polar surface area (TPSA) is 42.4 Å². The van der Waals surface area contributed by atoms with Gasteiger partial charge >= 0.3 is 6.09 Å². The van der Waals surface area contributed by atoms with Crippen LogP contribution in [0.4, 0.5) is 4.79 Å². The summed E-state index contributed by atoms with van der Waals surface area (Å²) in [5.41, 5.74) is 0.816. The Morgan fingerprint density at radius 2 is 2.05 bits per heavy atom. The molecule has 2 unspecified atom stereocenters. The number of ether oxygens (including phenoxy) is 1. The quantitative estimate of drug-likeness (QED) is 0.794. The minimum atomic E-state index is -0.407. The molecule has 19 heavy (non-hydrogen) atoms. The summed E-state index contributed by atoms with van der Waals surface area (Å²) in [6, 6.07) is 0. The molecular formula is C14H20N2O2S. The number of likely N-dealkylation sites (tertiary alicyclic amines) is 1. The number of hydrogen-bond acceptors (Lipinski definition) is 4. The molecule has 3 rings (SSSR count). The number of piperidine rings is 1. The average molecular weight is 280 g/mol. The summed E-state index contributed by atoms with van der Waals surface area (Å²) in [7, 11) is 0. The van der Waals surface area contributed by atoms with Gasteiger partial charge in [0.2, 0.25) is 0 Å². The Kier molecular flexibility index (Phi) is 2.85. The van der Waals surface area contributed by atoms with Crippen molar-refractivity contribution in [2.45, 2.75) is 39.2 Å². The van der Waals surface area contributed by atoms with Crippen molar-refractivity contribution in [3.05, 3.63) is 16.1 Å². The minimum Gasteiger partial charge on any atom is -0.444 e. The van der Waals surface area contributed by atoms with Gasteiger partial charge in [-0.15, -0.1) is 11.3 Å². The summed E-state index contributed by atoms with van der Waals surface area (Å²) in [5, 5.41) is 3.29. The van der Waals surface area contributed by atoms with Crippen molar-refractivity contribution in [2.24, 2.45) is 11.8 Å². The Bertz CT molecular complexity index is 494. The second-order valence-corrected chi connectivity index (χ2v) is 7.59. The number of carbonyl (C=O) groups is 1. The van der Waals surface area contributed by atoms with Gasteiger partial charge in [-0.25, -0.2) is 9.78 Å². The Labute approximate surface area is 117 Å². The molecule has 104 valence electrons. The van der Waals surface area contributed by atoms with E-state index in [1.54, 1.807) is 11.3 Å². The average Bonchev–Trinajstić information content (AvgIpc) is 2.67. The molecule has 5 heteroatoms. The van der Waals surface area contributed by atoms with Crippen molar-refractivity contribution < 1.29 is 9.53 Å². The first-order chi connectivity index (χ1) is 8.85. The van der Waals surface area contributed by atoms with Crippen LogP contribution in [0, 0.1) is 18.8 Å². The molecule has 4 nitrogen and oxygen atoms in total. The largest absolute Gasteiger partial charge is 0.444 e. The highest BCUT2D eigenvalue weighted by Gasteiger charge is 2.58. The van der Waals surface area contributed by atoms with Gasteiger partial charge in [-0.3, -0.25) is 0 Å². The lowest BCUT2D eigenvalue weighted by Crippen LogP contribution is -2.36. The van der Waals surface area contributed by atoms with Crippen molar-refractivity contribution in [1.82, 2.24) is 9.88 Å². The summed E-state index contributed by atoms with van der Waals surface area (Å²) in [4.78, 5) is 18.4.